The van der Waals surface area contributed by atoms with Gasteiger partial charge in [-0.15, -0.1) is 0 Å². The molecule has 0 bridgehead atoms. The summed E-state index contributed by atoms with van der Waals surface area (Å²) in [6.07, 6.45) is 5.69. The maximum absolute atomic E-state index is 4.34. The SMILES string of the molecule is C=Cc1ccc(-c2cccc3c(C)cccc23)c2cnccc12. The van der Waals surface area contributed by atoms with Crippen molar-refractivity contribution < 1.29 is 0 Å². The first-order chi connectivity index (χ1) is 11.3. The van der Waals surface area contributed by atoms with Crippen molar-refractivity contribution in [2.75, 3.05) is 0 Å². The number of aryl methyl sites for hydroxylation is 1. The first kappa shape index (κ1) is 13.7. The van der Waals surface area contributed by atoms with Gasteiger partial charge in [-0.2, -0.15) is 0 Å². The van der Waals surface area contributed by atoms with E-state index in [2.05, 4.69) is 73.1 Å². The van der Waals surface area contributed by atoms with Crippen LogP contribution in [0.15, 0.2) is 73.6 Å². The van der Waals surface area contributed by atoms with Gasteiger partial charge in [0.25, 0.3) is 0 Å². The lowest BCUT2D eigenvalue weighted by Crippen LogP contribution is -1.88. The highest BCUT2D eigenvalue weighted by atomic mass is 14.6. The van der Waals surface area contributed by atoms with Gasteiger partial charge in [0.05, 0.1) is 0 Å². The van der Waals surface area contributed by atoms with Crippen molar-refractivity contribution in [1.29, 1.82) is 0 Å². The van der Waals surface area contributed by atoms with Crippen molar-refractivity contribution in [2.24, 2.45) is 0 Å². The van der Waals surface area contributed by atoms with E-state index in [-0.39, 0.29) is 0 Å². The number of nitrogens with zero attached hydrogens (tertiary/aromatic N) is 1. The Hall–Kier alpha value is -2.93. The molecule has 4 rings (SSSR count). The van der Waals surface area contributed by atoms with Crippen LogP contribution >= 0.6 is 0 Å². The van der Waals surface area contributed by atoms with Crippen molar-refractivity contribution in [1.82, 2.24) is 4.98 Å². The van der Waals surface area contributed by atoms with Gasteiger partial charge in [0, 0.05) is 17.8 Å². The van der Waals surface area contributed by atoms with E-state index in [4.69, 9.17) is 0 Å². The van der Waals surface area contributed by atoms with E-state index in [1.54, 1.807) is 0 Å². The monoisotopic (exact) mass is 295 g/mol. The van der Waals surface area contributed by atoms with E-state index >= 15 is 0 Å². The molecule has 0 unspecified atom stereocenters. The zero-order valence-electron chi connectivity index (χ0n) is 13.1. The predicted molar refractivity (Wildman–Crippen MR) is 99.5 cm³/mol. The fraction of sp³-hybridized carbons (Fsp3) is 0.0455. The van der Waals surface area contributed by atoms with Crippen molar-refractivity contribution in [3.63, 3.8) is 0 Å². The summed E-state index contributed by atoms with van der Waals surface area (Å²) >= 11 is 0. The molecule has 0 amide bonds. The van der Waals surface area contributed by atoms with Crippen molar-refractivity contribution >= 4 is 27.6 Å². The van der Waals surface area contributed by atoms with Gasteiger partial charge >= 0.3 is 0 Å². The Morgan fingerprint density at radius 3 is 2.43 bits per heavy atom. The molecule has 0 fully saturated rings. The minimum atomic E-state index is 1.14. The van der Waals surface area contributed by atoms with Crippen LogP contribution in [0.2, 0.25) is 0 Å². The Morgan fingerprint density at radius 2 is 1.57 bits per heavy atom. The minimum absolute atomic E-state index is 1.14. The summed E-state index contributed by atoms with van der Waals surface area (Å²) in [4.78, 5) is 4.34. The molecule has 0 radical (unpaired) electrons. The van der Waals surface area contributed by atoms with Crippen LogP contribution in [0.4, 0.5) is 0 Å². The first-order valence-electron chi connectivity index (χ1n) is 7.77. The Kier molecular flexibility index (Phi) is 3.20. The maximum Gasteiger partial charge on any atom is 0.0352 e. The largest absolute Gasteiger partial charge is 0.264 e. The molecule has 23 heavy (non-hydrogen) atoms. The predicted octanol–water partition coefficient (Wildman–Crippen LogP) is 6.01. The summed E-state index contributed by atoms with van der Waals surface area (Å²) in [5.74, 6) is 0. The van der Waals surface area contributed by atoms with Crippen LogP contribution in [0.25, 0.3) is 38.7 Å². The minimum Gasteiger partial charge on any atom is -0.264 e. The summed E-state index contributed by atoms with van der Waals surface area (Å²) in [5, 5.41) is 4.94. The normalized spacial score (nSPS) is 11.0. The zero-order chi connectivity index (χ0) is 15.8. The summed E-state index contributed by atoms with van der Waals surface area (Å²) in [6.45, 7) is 6.08. The number of fused-ring (bicyclic) bond motifs is 2. The highest BCUT2D eigenvalue weighted by Crippen LogP contribution is 2.35. The van der Waals surface area contributed by atoms with Gasteiger partial charge in [-0.1, -0.05) is 61.2 Å². The molecule has 1 nitrogen and oxygen atoms in total. The Labute approximate surface area is 135 Å². The van der Waals surface area contributed by atoms with Gasteiger partial charge in [-0.25, -0.2) is 0 Å². The van der Waals surface area contributed by atoms with Gasteiger partial charge in [0.1, 0.15) is 0 Å². The second kappa shape index (κ2) is 5.36. The van der Waals surface area contributed by atoms with Gasteiger partial charge in [0.15, 0.2) is 0 Å². The quantitative estimate of drug-likeness (QED) is 0.441. The van der Waals surface area contributed by atoms with Crippen molar-refractivity contribution in [2.45, 2.75) is 6.92 Å². The van der Waals surface area contributed by atoms with Crippen LogP contribution in [-0.4, -0.2) is 4.98 Å². The van der Waals surface area contributed by atoms with E-state index < -0.39 is 0 Å². The molecule has 1 aromatic heterocycles. The molecule has 110 valence electrons. The van der Waals surface area contributed by atoms with Crippen LogP contribution in [0.1, 0.15) is 11.1 Å². The number of hydrogen-bond donors (Lipinski definition) is 0. The van der Waals surface area contributed by atoms with Crippen LogP contribution in [0, 0.1) is 6.92 Å². The lowest BCUT2D eigenvalue weighted by molar-refractivity contribution is 1.36. The summed E-state index contributed by atoms with van der Waals surface area (Å²) in [6, 6.07) is 19.4. The smallest absolute Gasteiger partial charge is 0.0352 e. The summed E-state index contributed by atoms with van der Waals surface area (Å²) in [7, 11) is 0. The lowest BCUT2D eigenvalue weighted by atomic mass is 9.92. The molecule has 3 aromatic carbocycles. The van der Waals surface area contributed by atoms with Crippen LogP contribution < -0.4 is 0 Å². The van der Waals surface area contributed by atoms with Gasteiger partial charge in [0.2, 0.25) is 0 Å². The number of benzene rings is 3. The second-order valence-corrected chi connectivity index (χ2v) is 5.80. The topological polar surface area (TPSA) is 12.9 Å². The van der Waals surface area contributed by atoms with Crippen LogP contribution in [-0.2, 0) is 0 Å². The fourth-order valence-corrected chi connectivity index (χ4v) is 3.33. The number of rotatable bonds is 2. The number of aromatic nitrogens is 1. The molecule has 0 atom stereocenters. The molecular weight excluding hydrogens is 278 g/mol. The Bertz CT molecular complexity index is 1040. The van der Waals surface area contributed by atoms with Crippen LogP contribution in [0.5, 0.6) is 0 Å². The summed E-state index contributed by atoms with van der Waals surface area (Å²) in [5.41, 5.74) is 4.91. The standard InChI is InChI=1S/C22H17N/c1-3-16-10-11-21(22-14-23-13-12-18(16)22)20-9-5-7-17-15(2)6-4-8-19(17)20/h3-14H,1H2,2H3. The Balaban J connectivity index is 2.12. The van der Waals surface area contributed by atoms with Gasteiger partial charge < -0.3 is 0 Å². The third-order valence-corrected chi connectivity index (χ3v) is 4.50. The van der Waals surface area contributed by atoms with E-state index in [1.807, 2.05) is 18.5 Å². The second-order valence-electron chi connectivity index (χ2n) is 5.80. The summed E-state index contributed by atoms with van der Waals surface area (Å²) < 4.78 is 0. The molecule has 0 aliphatic heterocycles. The molecular formula is C22H17N. The molecule has 0 aliphatic rings. The van der Waals surface area contributed by atoms with Gasteiger partial charge in [-0.05, 0) is 51.4 Å². The molecule has 0 spiro atoms. The molecule has 0 saturated carbocycles. The van der Waals surface area contributed by atoms with E-state index in [9.17, 15) is 0 Å². The number of pyridine rings is 1. The van der Waals surface area contributed by atoms with Crippen molar-refractivity contribution in [3.05, 3.63) is 84.7 Å². The molecule has 0 saturated heterocycles. The van der Waals surface area contributed by atoms with Gasteiger partial charge in [-0.3, -0.25) is 4.98 Å². The highest BCUT2D eigenvalue weighted by Gasteiger charge is 2.10. The zero-order valence-corrected chi connectivity index (χ0v) is 13.1. The Morgan fingerprint density at radius 1 is 0.783 bits per heavy atom. The maximum atomic E-state index is 4.34. The lowest BCUT2D eigenvalue weighted by Gasteiger charge is -2.12. The molecule has 4 aromatic rings. The van der Waals surface area contributed by atoms with E-state index in [0.717, 1.165) is 5.56 Å². The average molecular weight is 295 g/mol. The van der Waals surface area contributed by atoms with E-state index in [1.165, 1.54) is 38.2 Å². The average Bonchev–Trinajstić information content (AvgIpc) is 2.61. The first-order valence-corrected chi connectivity index (χ1v) is 7.77. The van der Waals surface area contributed by atoms with E-state index in [0.29, 0.717) is 0 Å². The number of hydrogen-bond acceptors (Lipinski definition) is 1. The fourth-order valence-electron chi connectivity index (χ4n) is 3.33. The third-order valence-electron chi connectivity index (χ3n) is 4.50. The van der Waals surface area contributed by atoms with Crippen molar-refractivity contribution in [3.8, 4) is 11.1 Å². The molecule has 0 aliphatic carbocycles. The molecule has 1 heteroatoms. The highest BCUT2D eigenvalue weighted by molar-refractivity contribution is 6.07. The molecule has 0 N–H and O–H groups in total. The molecule has 1 heterocycles. The third kappa shape index (κ3) is 2.13. The van der Waals surface area contributed by atoms with Crippen LogP contribution in [0.3, 0.4) is 0 Å².